The van der Waals surface area contributed by atoms with Crippen LogP contribution in [0.2, 0.25) is 0 Å². The van der Waals surface area contributed by atoms with Crippen LogP contribution >= 0.6 is 0 Å². The highest BCUT2D eigenvalue weighted by molar-refractivity contribution is 5.91. The van der Waals surface area contributed by atoms with Crippen molar-refractivity contribution < 1.29 is 9.63 Å². The van der Waals surface area contributed by atoms with Crippen LogP contribution in [0, 0.1) is 0 Å². The summed E-state index contributed by atoms with van der Waals surface area (Å²) in [4.78, 5) is 17.4. The Morgan fingerprint density at radius 2 is 2.06 bits per heavy atom. The molecule has 0 fully saturated rings. The van der Waals surface area contributed by atoms with Crippen LogP contribution < -0.4 is 0 Å². The van der Waals surface area contributed by atoms with Crippen LogP contribution in [0.3, 0.4) is 0 Å². The van der Waals surface area contributed by atoms with Crippen LogP contribution in [0.5, 0.6) is 0 Å². The van der Waals surface area contributed by atoms with Gasteiger partial charge in [-0.2, -0.15) is 0 Å². The van der Waals surface area contributed by atoms with Gasteiger partial charge in [-0.15, -0.1) is 6.58 Å². The van der Waals surface area contributed by atoms with Gasteiger partial charge >= 0.3 is 0 Å². The predicted molar refractivity (Wildman–Crippen MR) is 72.6 cm³/mol. The van der Waals surface area contributed by atoms with Crippen molar-refractivity contribution in [2.45, 2.75) is 20.0 Å². The molecule has 1 aromatic carbocycles. The summed E-state index contributed by atoms with van der Waals surface area (Å²) in [6.07, 6.45) is 2.44. The Morgan fingerprint density at radius 3 is 2.61 bits per heavy atom. The first-order valence-electron chi connectivity index (χ1n) is 5.90. The quantitative estimate of drug-likeness (QED) is 0.419. The number of rotatable bonds is 7. The average Bonchev–Trinajstić information content (AvgIpc) is 2.39. The third-order valence-corrected chi connectivity index (χ3v) is 2.36. The van der Waals surface area contributed by atoms with Crippen LogP contribution in [0.4, 0.5) is 0 Å². The van der Waals surface area contributed by atoms with Gasteiger partial charge in [0.2, 0.25) is 0 Å². The van der Waals surface area contributed by atoms with Crippen molar-refractivity contribution in [3.63, 3.8) is 0 Å². The summed E-state index contributed by atoms with van der Waals surface area (Å²) >= 11 is 0. The minimum absolute atomic E-state index is 0.187. The topological polar surface area (TPSA) is 29.5 Å². The SMILES string of the molecule is C=CCCN(OCc1ccccc1)C(=O)C(=C)C. The van der Waals surface area contributed by atoms with Crippen LogP contribution in [0.15, 0.2) is 55.1 Å². The second kappa shape index (κ2) is 7.45. The largest absolute Gasteiger partial charge is 0.272 e. The van der Waals surface area contributed by atoms with E-state index in [4.69, 9.17) is 4.84 Å². The van der Waals surface area contributed by atoms with E-state index in [9.17, 15) is 4.79 Å². The lowest BCUT2D eigenvalue weighted by Crippen LogP contribution is -2.32. The van der Waals surface area contributed by atoms with E-state index in [1.54, 1.807) is 13.0 Å². The Morgan fingerprint density at radius 1 is 1.39 bits per heavy atom. The zero-order valence-electron chi connectivity index (χ0n) is 10.8. The number of benzene rings is 1. The molecule has 0 saturated carbocycles. The van der Waals surface area contributed by atoms with Gasteiger partial charge in [0.15, 0.2) is 0 Å². The molecular formula is C15H19NO2. The maximum atomic E-state index is 11.8. The number of hydrogen-bond acceptors (Lipinski definition) is 2. The van der Waals surface area contributed by atoms with Crippen LogP contribution in [-0.4, -0.2) is 17.5 Å². The standard InChI is InChI=1S/C15H19NO2/c1-4-5-11-16(15(17)13(2)3)18-12-14-9-7-6-8-10-14/h4,6-10H,1-2,5,11-12H2,3H3. The van der Waals surface area contributed by atoms with Gasteiger partial charge < -0.3 is 0 Å². The van der Waals surface area contributed by atoms with Crippen molar-refractivity contribution in [2.75, 3.05) is 6.54 Å². The Hall–Kier alpha value is -1.87. The maximum Gasteiger partial charge on any atom is 0.272 e. The average molecular weight is 245 g/mol. The lowest BCUT2D eigenvalue weighted by atomic mass is 10.2. The number of carbonyl (C=O) groups is 1. The summed E-state index contributed by atoms with van der Waals surface area (Å²) in [5.74, 6) is -0.187. The molecule has 1 amide bonds. The second-order valence-electron chi connectivity index (χ2n) is 4.02. The number of carbonyl (C=O) groups excluding carboxylic acids is 1. The monoisotopic (exact) mass is 245 g/mol. The molecule has 0 heterocycles. The van der Waals surface area contributed by atoms with E-state index in [0.29, 0.717) is 25.1 Å². The molecule has 1 aromatic rings. The normalized spacial score (nSPS) is 9.83. The summed E-state index contributed by atoms with van der Waals surface area (Å²) in [6.45, 7) is 9.82. The van der Waals surface area contributed by atoms with E-state index >= 15 is 0 Å². The van der Waals surface area contributed by atoms with E-state index in [1.165, 1.54) is 5.06 Å². The molecule has 0 bridgehead atoms. The number of amides is 1. The third kappa shape index (κ3) is 4.55. The first-order chi connectivity index (χ1) is 8.65. The van der Waals surface area contributed by atoms with Crippen LogP contribution in [-0.2, 0) is 16.2 Å². The van der Waals surface area contributed by atoms with E-state index < -0.39 is 0 Å². The van der Waals surface area contributed by atoms with Gasteiger partial charge in [-0.25, -0.2) is 5.06 Å². The lowest BCUT2D eigenvalue weighted by molar-refractivity contribution is -0.186. The first kappa shape index (κ1) is 14.2. The fourth-order valence-corrected chi connectivity index (χ4v) is 1.37. The fourth-order valence-electron chi connectivity index (χ4n) is 1.37. The summed E-state index contributed by atoms with van der Waals surface area (Å²) in [5, 5.41) is 1.34. The van der Waals surface area contributed by atoms with Crippen molar-refractivity contribution in [1.82, 2.24) is 5.06 Å². The Kier molecular flexibility index (Phi) is 5.88. The minimum atomic E-state index is -0.187. The Labute approximate surface area is 108 Å². The summed E-state index contributed by atoms with van der Waals surface area (Å²) < 4.78 is 0. The van der Waals surface area contributed by atoms with Gasteiger partial charge in [0.1, 0.15) is 6.61 Å². The molecule has 18 heavy (non-hydrogen) atoms. The molecule has 1 rings (SSSR count). The highest BCUT2D eigenvalue weighted by Crippen LogP contribution is 2.07. The van der Waals surface area contributed by atoms with Gasteiger partial charge in [0.05, 0.1) is 6.54 Å². The van der Waals surface area contributed by atoms with E-state index in [0.717, 1.165) is 5.56 Å². The van der Waals surface area contributed by atoms with Crippen molar-refractivity contribution in [3.8, 4) is 0 Å². The first-order valence-corrected chi connectivity index (χ1v) is 5.90. The lowest BCUT2D eigenvalue weighted by Gasteiger charge is -2.21. The smallest absolute Gasteiger partial charge is 0.267 e. The molecule has 0 spiro atoms. The van der Waals surface area contributed by atoms with Crippen molar-refractivity contribution in [1.29, 1.82) is 0 Å². The Bertz CT molecular complexity index is 412. The van der Waals surface area contributed by atoms with E-state index in [2.05, 4.69) is 13.2 Å². The van der Waals surface area contributed by atoms with Gasteiger partial charge in [0.25, 0.3) is 5.91 Å². The van der Waals surface area contributed by atoms with E-state index in [1.807, 2.05) is 30.3 Å². The summed E-state index contributed by atoms with van der Waals surface area (Å²) in [5.41, 5.74) is 1.49. The molecule has 96 valence electrons. The highest BCUT2D eigenvalue weighted by atomic mass is 16.7. The molecule has 0 unspecified atom stereocenters. The highest BCUT2D eigenvalue weighted by Gasteiger charge is 2.14. The molecule has 3 heteroatoms. The number of hydrogen-bond donors (Lipinski definition) is 0. The molecule has 3 nitrogen and oxygen atoms in total. The van der Waals surface area contributed by atoms with Crippen molar-refractivity contribution >= 4 is 5.91 Å². The molecule has 0 aliphatic carbocycles. The molecule has 0 aromatic heterocycles. The van der Waals surface area contributed by atoms with Gasteiger partial charge in [-0.05, 0) is 18.9 Å². The fraction of sp³-hybridized carbons (Fsp3) is 0.267. The minimum Gasteiger partial charge on any atom is -0.267 e. The second-order valence-corrected chi connectivity index (χ2v) is 4.02. The van der Waals surface area contributed by atoms with Crippen LogP contribution in [0.25, 0.3) is 0 Å². The summed E-state index contributed by atoms with van der Waals surface area (Å²) in [7, 11) is 0. The van der Waals surface area contributed by atoms with E-state index in [-0.39, 0.29) is 5.91 Å². The van der Waals surface area contributed by atoms with Gasteiger partial charge in [0, 0.05) is 5.57 Å². The van der Waals surface area contributed by atoms with Gasteiger partial charge in [-0.3, -0.25) is 9.63 Å². The number of nitrogens with zero attached hydrogens (tertiary/aromatic N) is 1. The maximum absolute atomic E-state index is 11.8. The molecule has 0 aliphatic heterocycles. The Balaban J connectivity index is 2.58. The summed E-state index contributed by atoms with van der Waals surface area (Å²) in [6, 6.07) is 9.73. The zero-order chi connectivity index (χ0) is 13.4. The van der Waals surface area contributed by atoms with Crippen molar-refractivity contribution in [2.24, 2.45) is 0 Å². The molecule has 0 N–H and O–H groups in total. The molecule has 0 aliphatic rings. The number of hydroxylamine groups is 2. The molecule has 0 atom stereocenters. The third-order valence-electron chi connectivity index (χ3n) is 2.36. The zero-order valence-corrected chi connectivity index (χ0v) is 10.8. The molecule has 0 radical (unpaired) electrons. The molecule has 0 saturated heterocycles. The molecular weight excluding hydrogens is 226 g/mol. The predicted octanol–water partition coefficient (Wildman–Crippen LogP) is 3.10. The van der Waals surface area contributed by atoms with Crippen LogP contribution in [0.1, 0.15) is 18.9 Å². The van der Waals surface area contributed by atoms with Gasteiger partial charge in [-0.1, -0.05) is 43.0 Å². The van der Waals surface area contributed by atoms with Crippen molar-refractivity contribution in [3.05, 3.63) is 60.7 Å².